The molecule has 17 heavy (non-hydrogen) atoms. The highest BCUT2D eigenvalue weighted by atomic mass is 16.3. The quantitative estimate of drug-likeness (QED) is 0.854. The Hall–Kier alpha value is -0.830. The molecule has 1 heterocycles. The predicted molar refractivity (Wildman–Crippen MR) is 66.9 cm³/mol. The Kier molecular flexibility index (Phi) is 2.54. The average molecular weight is 234 g/mol. The third-order valence-corrected chi connectivity index (χ3v) is 4.51. The van der Waals surface area contributed by atoms with Crippen molar-refractivity contribution in [1.82, 2.24) is 9.78 Å². The number of hydrogen-bond acceptors (Lipinski definition) is 2. The van der Waals surface area contributed by atoms with Gasteiger partial charge < -0.3 is 5.11 Å². The van der Waals surface area contributed by atoms with Crippen molar-refractivity contribution in [2.75, 3.05) is 0 Å². The van der Waals surface area contributed by atoms with Crippen molar-refractivity contribution in [2.45, 2.75) is 64.0 Å². The number of hydrogen-bond donors (Lipinski definition) is 1. The van der Waals surface area contributed by atoms with E-state index < -0.39 is 0 Å². The highest BCUT2D eigenvalue weighted by Crippen LogP contribution is 2.45. The van der Waals surface area contributed by atoms with E-state index in [4.69, 9.17) is 0 Å². The number of aliphatic hydroxyl groups is 1. The molecule has 2 aliphatic rings. The molecule has 2 saturated carbocycles. The van der Waals surface area contributed by atoms with Crippen LogP contribution in [0.15, 0.2) is 12.4 Å². The van der Waals surface area contributed by atoms with Crippen molar-refractivity contribution >= 4 is 0 Å². The molecule has 0 aliphatic heterocycles. The fraction of sp³-hybridized carbons (Fsp3) is 0.786. The van der Waals surface area contributed by atoms with Gasteiger partial charge in [-0.05, 0) is 49.0 Å². The maximum absolute atomic E-state index is 9.86. The van der Waals surface area contributed by atoms with Crippen molar-refractivity contribution in [3.63, 3.8) is 0 Å². The van der Waals surface area contributed by atoms with Gasteiger partial charge in [-0.25, -0.2) is 0 Å². The van der Waals surface area contributed by atoms with Gasteiger partial charge in [-0.15, -0.1) is 0 Å². The first kappa shape index (κ1) is 11.3. The summed E-state index contributed by atoms with van der Waals surface area (Å²) in [6, 6.07) is 0.346. The largest absolute Gasteiger partial charge is 0.393 e. The maximum Gasteiger partial charge on any atom is 0.0594 e. The Bertz CT molecular complexity index is 406. The van der Waals surface area contributed by atoms with Crippen molar-refractivity contribution < 1.29 is 5.11 Å². The Morgan fingerprint density at radius 2 is 2.12 bits per heavy atom. The van der Waals surface area contributed by atoms with Gasteiger partial charge in [0.25, 0.3) is 0 Å². The molecule has 0 radical (unpaired) electrons. The first-order chi connectivity index (χ1) is 8.06. The summed E-state index contributed by atoms with van der Waals surface area (Å²) in [6.07, 6.45) is 9.58. The van der Waals surface area contributed by atoms with Gasteiger partial charge in [0.05, 0.1) is 18.3 Å². The molecular formula is C14H22N2O. The van der Waals surface area contributed by atoms with Gasteiger partial charge in [-0.1, -0.05) is 13.8 Å². The zero-order valence-electron chi connectivity index (χ0n) is 10.8. The normalized spacial score (nSPS) is 32.6. The van der Waals surface area contributed by atoms with E-state index >= 15 is 0 Å². The maximum atomic E-state index is 9.86. The summed E-state index contributed by atoms with van der Waals surface area (Å²) in [6.45, 7) is 4.59. The third kappa shape index (κ3) is 2.13. The number of rotatable bonds is 2. The molecule has 3 nitrogen and oxygen atoms in total. The van der Waals surface area contributed by atoms with Crippen LogP contribution in [-0.4, -0.2) is 21.0 Å². The Morgan fingerprint density at radius 3 is 2.82 bits per heavy atom. The van der Waals surface area contributed by atoms with E-state index in [2.05, 4.69) is 29.8 Å². The minimum absolute atomic E-state index is 0.151. The van der Waals surface area contributed by atoms with E-state index in [-0.39, 0.29) is 11.5 Å². The lowest BCUT2D eigenvalue weighted by atomic mass is 9.72. The van der Waals surface area contributed by atoms with Crippen LogP contribution in [0.2, 0.25) is 0 Å². The highest BCUT2D eigenvalue weighted by Gasteiger charge is 2.38. The van der Waals surface area contributed by atoms with Crippen LogP contribution in [0.3, 0.4) is 0 Å². The first-order valence-electron chi connectivity index (χ1n) is 6.78. The molecule has 94 valence electrons. The van der Waals surface area contributed by atoms with Gasteiger partial charge in [-0.2, -0.15) is 5.10 Å². The summed E-state index contributed by atoms with van der Waals surface area (Å²) in [5.74, 6) is 0.764. The summed E-state index contributed by atoms with van der Waals surface area (Å²) in [5, 5.41) is 14.4. The van der Waals surface area contributed by atoms with Gasteiger partial charge in [0.1, 0.15) is 0 Å². The average Bonchev–Trinajstić information content (AvgIpc) is 3.01. The van der Waals surface area contributed by atoms with Crippen LogP contribution < -0.4 is 0 Å². The number of nitrogens with zero attached hydrogens (tertiary/aromatic N) is 2. The van der Waals surface area contributed by atoms with Gasteiger partial charge in [0.2, 0.25) is 0 Å². The summed E-state index contributed by atoms with van der Waals surface area (Å²) in [7, 11) is 0. The van der Waals surface area contributed by atoms with E-state index in [0.717, 1.165) is 25.2 Å². The molecular weight excluding hydrogens is 212 g/mol. The van der Waals surface area contributed by atoms with E-state index in [0.29, 0.717) is 6.04 Å². The topological polar surface area (TPSA) is 38.0 Å². The van der Waals surface area contributed by atoms with Gasteiger partial charge in [0.15, 0.2) is 0 Å². The smallest absolute Gasteiger partial charge is 0.0594 e. The first-order valence-corrected chi connectivity index (χ1v) is 6.78. The molecule has 2 atom stereocenters. The molecule has 0 bridgehead atoms. The molecule has 0 saturated heterocycles. The van der Waals surface area contributed by atoms with Crippen molar-refractivity contribution in [3.8, 4) is 0 Å². The lowest BCUT2D eigenvalue weighted by molar-refractivity contribution is 0.0292. The standard InChI is InChI=1S/C14H22N2O/c1-14(2)6-5-12(17)7-13(14)16-9-11(8-15-16)10-3-4-10/h8-10,12-13,17H,3-7H2,1-2H3. The van der Waals surface area contributed by atoms with Crippen molar-refractivity contribution in [2.24, 2.45) is 5.41 Å². The molecule has 2 aliphatic carbocycles. The minimum atomic E-state index is -0.151. The SMILES string of the molecule is CC1(C)CCC(O)CC1n1cc(C2CC2)cn1. The van der Waals surface area contributed by atoms with Gasteiger partial charge in [0, 0.05) is 6.20 Å². The van der Waals surface area contributed by atoms with E-state index in [1.54, 1.807) is 0 Å². The van der Waals surface area contributed by atoms with E-state index in [1.165, 1.54) is 18.4 Å². The summed E-state index contributed by atoms with van der Waals surface area (Å²) in [4.78, 5) is 0. The zero-order chi connectivity index (χ0) is 12.0. The molecule has 3 rings (SSSR count). The van der Waals surface area contributed by atoms with Crippen LogP contribution in [0.25, 0.3) is 0 Å². The minimum Gasteiger partial charge on any atom is -0.393 e. The molecule has 0 spiro atoms. The fourth-order valence-electron chi connectivity index (χ4n) is 3.02. The number of aliphatic hydroxyl groups excluding tert-OH is 1. The van der Waals surface area contributed by atoms with E-state index in [1.807, 2.05) is 6.20 Å². The van der Waals surface area contributed by atoms with Gasteiger partial charge >= 0.3 is 0 Å². The molecule has 3 heteroatoms. The second kappa shape index (κ2) is 3.84. The van der Waals surface area contributed by atoms with Crippen LogP contribution in [-0.2, 0) is 0 Å². The molecule has 2 unspecified atom stereocenters. The Morgan fingerprint density at radius 1 is 1.35 bits per heavy atom. The fourth-order valence-corrected chi connectivity index (χ4v) is 3.02. The van der Waals surface area contributed by atoms with Crippen molar-refractivity contribution in [3.05, 3.63) is 18.0 Å². The Labute approximate surface area is 103 Å². The molecule has 2 fully saturated rings. The second-order valence-electron chi connectivity index (χ2n) is 6.46. The second-order valence-corrected chi connectivity index (χ2v) is 6.46. The molecule has 1 N–H and O–H groups in total. The van der Waals surface area contributed by atoms with Crippen molar-refractivity contribution in [1.29, 1.82) is 0 Å². The zero-order valence-corrected chi connectivity index (χ0v) is 10.8. The number of aromatic nitrogens is 2. The lowest BCUT2D eigenvalue weighted by Crippen LogP contribution is -2.36. The molecule has 0 aromatic carbocycles. The third-order valence-electron chi connectivity index (χ3n) is 4.51. The van der Waals surface area contributed by atoms with E-state index in [9.17, 15) is 5.11 Å². The Balaban J connectivity index is 1.84. The van der Waals surface area contributed by atoms with Crippen LogP contribution in [0, 0.1) is 5.41 Å². The van der Waals surface area contributed by atoms with Crippen LogP contribution >= 0.6 is 0 Å². The molecule has 0 amide bonds. The van der Waals surface area contributed by atoms with Crippen LogP contribution in [0.1, 0.15) is 63.5 Å². The molecule has 1 aromatic heterocycles. The van der Waals surface area contributed by atoms with Gasteiger partial charge in [-0.3, -0.25) is 4.68 Å². The summed E-state index contributed by atoms with van der Waals surface area (Å²) >= 11 is 0. The highest BCUT2D eigenvalue weighted by molar-refractivity contribution is 5.17. The van der Waals surface area contributed by atoms with Crippen LogP contribution in [0.4, 0.5) is 0 Å². The predicted octanol–water partition coefficient (Wildman–Crippen LogP) is 2.87. The summed E-state index contributed by atoms with van der Waals surface area (Å²) < 4.78 is 2.11. The monoisotopic (exact) mass is 234 g/mol. The van der Waals surface area contributed by atoms with Crippen LogP contribution in [0.5, 0.6) is 0 Å². The molecule has 1 aromatic rings. The lowest BCUT2D eigenvalue weighted by Gasteiger charge is -2.40. The summed E-state index contributed by atoms with van der Waals surface area (Å²) in [5.41, 5.74) is 1.63.